The Morgan fingerprint density at radius 3 is 2.04 bits per heavy atom. The highest BCUT2D eigenvalue weighted by atomic mass is 16.3. The smallest absolute Gasteiger partial charge is 0.241 e. The van der Waals surface area contributed by atoms with E-state index in [0.29, 0.717) is 17.3 Å². The molecule has 2 heterocycles. The van der Waals surface area contributed by atoms with Crippen LogP contribution in [0.4, 0.5) is 0 Å². The minimum Gasteiger partial charge on any atom is -0.508 e. The molecule has 2 aromatic rings. The van der Waals surface area contributed by atoms with Crippen LogP contribution in [-0.2, 0) is 0 Å². The van der Waals surface area contributed by atoms with Crippen molar-refractivity contribution in [2.24, 2.45) is 0 Å². The zero-order valence-corrected chi connectivity index (χ0v) is 12.2. The molecule has 5 heteroatoms. The second kappa shape index (κ2) is 6.62. The number of nitrogens with zero attached hydrogens (tertiary/aromatic N) is 2. The summed E-state index contributed by atoms with van der Waals surface area (Å²) in [5, 5.41) is 18.3. The van der Waals surface area contributed by atoms with Crippen LogP contribution in [0.25, 0.3) is 22.8 Å². The van der Waals surface area contributed by atoms with E-state index in [1.54, 1.807) is 30.5 Å². The number of rotatable bonds is 1. The van der Waals surface area contributed by atoms with Gasteiger partial charge in [0, 0.05) is 11.8 Å². The van der Waals surface area contributed by atoms with Gasteiger partial charge in [0.2, 0.25) is 5.88 Å². The fraction of sp³-hybridized carbons (Fsp3) is 0. The summed E-state index contributed by atoms with van der Waals surface area (Å²) in [5.74, 6) is 0.915. The molecule has 5 nitrogen and oxygen atoms in total. The van der Waals surface area contributed by atoms with E-state index >= 15 is 0 Å². The van der Waals surface area contributed by atoms with Crippen LogP contribution >= 0.6 is 0 Å². The monoisotopic (exact) mass is 305 g/mol. The summed E-state index contributed by atoms with van der Waals surface area (Å²) in [6, 6.07) is 20.2. The lowest BCUT2D eigenvalue weighted by molar-refractivity contribution is 0.453. The average Bonchev–Trinajstić information content (AvgIpc) is 3.06. The molecule has 2 aromatic carbocycles. The van der Waals surface area contributed by atoms with Crippen molar-refractivity contribution in [1.29, 1.82) is 0 Å². The third-order valence-electron chi connectivity index (χ3n) is 3.19. The minimum absolute atomic E-state index is 0.0439. The highest BCUT2D eigenvalue weighted by Gasteiger charge is 2.13. The molecule has 0 atom stereocenters. The second-order valence-corrected chi connectivity index (χ2v) is 4.82. The summed E-state index contributed by atoms with van der Waals surface area (Å²) < 4.78 is 0. The predicted octanol–water partition coefficient (Wildman–Crippen LogP) is 3.67. The zero-order chi connectivity index (χ0) is 16.1. The minimum atomic E-state index is -0.0439. The number of phenols is 1. The van der Waals surface area contributed by atoms with Gasteiger partial charge in [-0.1, -0.05) is 48.5 Å². The summed E-state index contributed by atoms with van der Waals surface area (Å²) in [7, 11) is 0. The Bertz CT molecular complexity index is 845. The van der Waals surface area contributed by atoms with Crippen LogP contribution in [0.1, 0.15) is 0 Å². The number of aromatic amines is 1. The van der Waals surface area contributed by atoms with E-state index in [1.807, 2.05) is 42.5 Å². The van der Waals surface area contributed by atoms with Crippen molar-refractivity contribution >= 4 is 0 Å². The molecule has 4 rings (SSSR count). The molecule has 0 unspecified atom stereocenters. The number of benzene rings is 2. The molecule has 0 bridgehead atoms. The van der Waals surface area contributed by atoms with Gasteiger partial charge in [-0.15, -0.1) is 0 Å². The lowest BCUT2D eigenvalue weighted by Crippen LogP contribution is -1.93. The molecule has 0 saturated heterocycles. The summed E-state index contributed by atoms with van der Waals surface area (Å²) in [6.45, 7) is 0. The van der Waals surface area contributed by atoms with Gasteiger partial charge in [-0.2, -0.15) is 4.98 Å². The third kappa shape index (κ3) is 3.47. The van der Waals surface area contributed by atoms with Crippen LogP contribution in [0.5, 0.6) is 11.6 Å². The number of aromatic nitrogens is 3. The Balaban J connectivity index is 0.000000188. The van der Waals surface area contributed by atoms with Gasteiger partial charge in [0.15, 0.2) is 0 Å². The molecule has 3 N–H and O–H groups in total. The number of para-hydroxylation sites is 1. The van der Waals surface area contributed by atoms with Crippen LogP contribution in [0.3, 0.4) is 0 Å². The predicted molar refractivity (Wildman–Crippen MR) is 88.2 cm³/mol. The molecule has 0 aliphatic carbocycles. The standard InChI is InChI=1S/C12H9N3O.C6H6O/c16-12-10-9(6-7-13-10)14-11(15-12)8-4-2-1-3-5-8;7-6-4-2-1-3-5-6/h1-7,16H,(H,14,15);1-5,7H. The molecule has 0 saturated carbocycles. The van der Waals surface area contributed by atoms with Crippen LogP contribution < -0.4 is 0 Å². The first kappa shape index (κ1) is 14.6. The Morgan fingerprint density at radius 1 is 0.783 bits per heavy atom. The summed E-state index contributed by atoms with van der Waals surface area (Å²) >= 11 is 0. The third-order valence-corrected chi connectivity index (χ3v) is 3.19. The number of fused-ring (bicyclic) bond motifs is 1. The first-order valence-electron chi connectivity index (χ1n) is 7.07. The maximum absolute atomic E-state index is 9.71. The molecule has 0 aromatic heterocycles. The van der Waals surface area contributed by atoms with Gasteiger partial charge < -0.3 is 15.2 Å². The van der Waals surface area contributed by atoms with E-state index < -0.39 is 0 Å². The van der Waals surface area contributed by atoms with E-state index in [1.165, 1.54) is 0 Å². The molecule has 0 radical (unpaired) electrons. The topological polar surface area (TPSA) is 82.0 Å². The first-order valence-corrected chi connectivity index (χ1v) is 7.07. The van der Waals surface area contributed by atoms with Crippen molar-refractivity contribution in [2.75, 3.05) is 0 Å². The van der Waals surface area contributed by atoms with E-state index in [9.17, 15) is 5.11 Å². The Hall–Kier alpha value is -3.34. The Labute approximate surface area is 133 Å². The molecule has 2 aliphatic rings. The van der Waals surface area contributed by atoms with Gasteiger partial charge in [0.25, 0.3) is 0 Å². The summed E-state index contributed by atoms with van der Waals surface area (Å²) in [4.78, 5) is 11.2. The number of H-pyrrole nitrogens is 1. The fourth-order valence-corrected chi connectivity index (χ4v) is 2.09. The van der Waals surface area contributed by atoms with Gasteiger partial charge in [-0.05, 0) is 18.2 Å². The largest absolute Gasteiger partial charge is 0.508 e. The van der Waals surface area contributed by atoms with Gasteiger partial charge >= 0.3 is 0 Å². The number of phenolic OH excluding ortho intramolecular Hbond substituents is 1. The van der Waals surface area contributed by atoms with Crippen LogP contribution in [0.15, 0.2) is 72.9 Å². The number of nitrogens with one attached hydrogen (secondary N) is 1. The molecule has 23 heavy (non-hydrogen) atoms. The maximum atomic E-state index is 9.71. The van der Waals surface area contributed by atoms with Crippen molar-refractivity contribution in [3.8, 4) is 34.4 Å². The molecule has 114 valence electrons. The fourth-order valence-electron chi connectivity index (χ4n) is 2.09. The number of aromatic hydroxyl groups is 2. The van der Waals surface area contributed by atoms with Crippen LogP contribution in [0, 0.1) is 0 Å². The molecule has 0 spiro atoms. The summed E-state index contributed by atoms with van der Waals surface area (Å²) in [6.07, 6.45) is 1.64. The van der Waals surface area contributed by atoms with Crippen molar-refractivity contribution in [3.63, 3.8) is 0 Å². The number of hydrogen-bond acceptors (Lipinski definition) is 4. The number of hydrogen-bond donors (Lipinski definition) is 3. The maximum Gasteiger partial charge on any atom is 0.241 e. The van der Waals surface area contributed by atoms with Crippen molar-refractivity contribution in [3.05, 3.63) is 72.9 Å². The van der Waals surface area contributed by atoms with Crippen molar-refractivity contribution in [2.45, 2.75) is 0 Å². The average molecular weight is 305 g/mol. The van der Waals surface area contributed by atoms with Gasteiger partial charge in [-0.25, -0.2) is 4.98 Å². The van der Waals surface area contributed by atoms with Crippen LogP contribution in [0.2, 0.25) is 0 Å². The molecular formula is C18H15N3O2. The summed E-state index contributed by atoms with van der Waals surface area (Å²) in [5.41, 5.74) is 2.21. The lowest BCUT2D eigenvalue weighted by atomic mass is 10.2. The van der Waals surface area contributed by atoms with Gasteiger partial charge in [-0.3, -0.25) is 0 Å². The van der Waals surface area contributed by atoms with Crippen LogP contribution in [-0.4, -0.2) is 25.2 Å². The Morgan fingerprint density at radius 2 is 1.43 bits per heavy atom. The Kier molecular flexibility index (Phi) is 4.20. The van der Waals surface area contributed by atoms with E-state index in [4.69, 9.17) is 5.11 Å². The first-order chi connectivity index (χ1) is 11.2. The molecule has 0 fully saturated rings. The van der Waals surface area contributed by atoms with Gasteiger partial charge in [0.1, 0.15) is 17.3 Å². The van der Waals surface area contributed by atoms with E-state index in [2.05, 4.69) is 15.0 Å². The molecular weight excluding hydrogens is 290 g/mol. The highest BCUT2D eigenvalue weighted by molar-refractivity contribution is 5.67. The SMILES string of the molecule is Oc1ccccc1.Oc1nc(-c2ccccc2)[nH]c2ccnc1-2. The van der Waals surface area contributed by atoms with E-state index in [-0.39, 0.29) is 5.88 Å². The second-order valence-electron chi connectivity index (χ2n) is 4.82. The van der Waals surface area contributed by atoms with E-state index in [0.717, 1.165) is 11.3 Å². The molecule has 2 aliphatic heterocycles. The lowest BCUT2D eigenvalue weighted by Gasteiger charge is -2.05. The molecule has 0 amide bonds. The zero-order valence-electron chi connectivity index (χ0n) is 12.2. The normalized spacial score (nSPS) is 10.1. The quantitative estimate of drug-likeness (QED) is 0.501. The highest BCUT2D eigenvalue weighted by Crippen LogP contribution is 2.28. The van der Waals surface area contributed by atoms with Crippen molar-refractivity contribution < 1.29 is 10.2 Å². The van der Waals surface area contributed by atoms with Gasteiger partial charge in [0.05, 0.1) is 5.69 Å². The van der Waals surface area contributed by atoms with Crippen molar-refractivity contribution in [1.82, 2.24) is 15.0 Å².